The summed E-state index contributed by atoms with van der Waals surface area (Å²) in [5.74, 6) is 0.447. The van der Waals surface area contributed by atoms with Crippen molar-refractivity contribution in [3.63, 3.8) is 0 Å². The first-order valence-corrected chi connectivity index (χ1v) is 4.78. The van der Waals surface area contributed by atoms with E-state index >= 15 is 0 Å². The van der Waals surface area contributed by atoms with E-state index in [9.17, 15) is 0 Å². The summed E-state index contributed by atoms with van der Waals surface area (Å²) < 4.78 is 4.89. The van der Waals surface area contributed by atoms with Crippen molar-refractivity contribution in [1.29, 1.82) is 0 Å². The Kier molecular flexibility index (Phi) is 4.86. The monoisotopic (exact) mass is 236 g/mol. The summed E-state index contributed by atoms with van der Waals surface area (Å²) in [7, 11) is 1.65. The van der Waals surface area contributed by atoms with Crippen LogP contribution in [0.4, 0.5) is 5.82 Å². The Morgan fingerprint density at radius 2 is 2.14 bits per heavy atom. The third-order valence-electron chi connectivity index (χ3n) is 1.44. The van der Waals surface area contributed by atoms with Gasteiger partial charge in [0.2, 0.25) is 5.28 Å². The predicted octanol–water partition coefficient (Wildman–Crippen LogP) is 1.63. The quantitative estimate of drug-likeness (QED) is 0.788. The number of hydrogen-bond donors (Lipinski definition) is 1. The summed E-state index contributed by atoms with van der Waals surface area (Å²) in [5, 5.41) is 10.4. The maximum atomic E-state index is 5.72. The van der Waals surface area contributed by atoms with Gasteiger partial charge in [0, 0.05) is 20.3 Å². The highest BCUT2D eigenvalue weighted by molar-refractivity contribution is 6.32. The van der Waals surface area contributed by atoms with Gasteiger partial charge in [-0.05, 0) is 18.0 Å². The molecule has 0 aliphatic carbocycles. The Balaban J connectivity index is 2.45. The standard InChI is InChI=1S/C7H10Cl2N4O/c1-14-4-2-3-10-6-5(8)12-13-7(9)11-6/h2-4H2,1H3,(H,10,11,13). The molecule has 0 aliphatic heterocycles. The number of anilines is 1. The molecule has 0 atom stereocenters. The van der Waals surface area contributed by atoms with Crippen molar-refractivity contribution in [3.05, 3.63) is 10.4 Å². The summed E-state index contributed by atoms with van der Waals surface area (Å²) in [4.78, 5) is 3.88. The van der Waals surface area contributed by atoms with Crippen LogP contribution in [0.3, 0.4) is 0 Å². The first-order chi connectivity index (χ1) is 6.74. The average molecular weight is 237 g/mol. The maximum absolute atomic E-state index is 5.72. The molecular formula is C7H10Cl2N4O. The van der Waals surface area contributed by atoms with E-state index in [1.807, 2.05) is 0 Å². The molecule has 0 aliphatic rings. The highest BCUT2D eigenvalue weighted by Crippen LogP contribution is 2.15. The van der Waals surface area contributed by atoms with E-state index in [4.69, 9.17) is 27.9 Å². The van der Waals surface area contributed by atoms with Crippen molar-refractivity contribution >= 4 is 29.0 Å². The number of hydrogen-bond acceptors (Lipinski definition) is 5. The lowest BCUT2D eigenvalue weighted by Gasteiger charge is -2.05. The van der Waals surface area contributed by atoms with Crippen molar-refractivity contribution in [3.8, 4) is 0 Å². The molecule has 7 heteroatoms. The second kappa shape index (κ2) is 5.95. The second-order valence-electron chi connectivity index (χ2n) is 2.49. The van der Waals surface area contributed by atoms with E-state index in [1.54, 1.807) is 7.11 Å². The summed E-state index contributed by atoms with van der Waals surface area (Å²) >= 11 is 11.3. The molecule has 1 heterocycles. The van der Waals surface area contributed by atoms with Crippen molar-refractivity contribution in [2.24, 2.45) is 0 Å². The van der Waals surface area contributed by atoms with Crippen LogP contribution in [0.1, 0.15) is 6.42 Å². The molecule has 0 spiro atoms. The van der Waals surface area contributed by atoms with E-state index in [0.717, 1.165) is 6.42 Å². The fourth-order valence-corrected chi connectivity index (χ4v) is 1.10. The SMILES string of the molecule is COCCCNc1nc(Cl)nnc1Cl. The summed E-state index contributed by atoms with van der Waals surface area (Å²) in [6.07, 6.45) is 0.856. The van der Waals surface area contributed by atoms with Gasteiger partial charge in [-0.1, -0.05) is 11.6 Å². The van der Waals surface area contributed by atoms with Crippen LogP contribution in [0.25, 0.3) is 0 Å². The van der Waals surface area contributed by atoms with Gasteiger partial charge in [0.15, 0.2) is 11.0 Å². The molecule has 0 bridgehead atoms. The predicted molar refractivity (Wildman–Crippen MR) is 54.8 cm³/mol. The fraction of sp³-hybridized carbons (Fsp3) is 0.571. The normalized spacial score (nSPS) is 10.2. The molecule has 0 saturated carbocycles. The molecule has 0 amide bonds. The van der Waals surface area contributed by atoms with Crippen LogP contribution in [-0.4, -0.2) is 35.4 Å². The Hall–Kier alpha value is -0.650. The Morgan fingerprint density at radius 3 is 2.86 bits per heavy atom. The molecule has 1 N–H and O–H groups in total. The number of nitrogens with one attached hydrogen (secondary N) is 1. The van der Waals surface area contributed by atoms with Crippen molar-refractivity contribution in [2.45, 2.75) is 6.42 Å². The third kappa shape index (κ3) is 3.61. The number of ether oxygens (including phenoxy) is 1. The van der Waals surface area contributed by atoms with E-state index in [0.29, 0.717) is 19.0 Å². The Labute approximate surface area is 91.8 Å². The number of methoxy groups -OCH3 is 1. The molecule has 1 rings (SSSR count). The molecular weight excluding hydrogens is 227 g/mol. The third-order valence-corrected chi connectivity index (χ3v) is 1.85. The number of aromatic nitrogens is 3. The first kappa shape index (κ1) is 11.4. The van der Waals surface area contributed by atoms with Crippen molar-refractivity contribution in [1.82, 2.24) is 15.2 Å². The van der Waals surface area contributed by atoms with Gasteiger partial charge in [-0.15, -0.1) is 10.2 Å². The minimum absolute atomic E-state index is 0.0728. The minimum Gasteiger partial charge on any atom is -0.385 e. The molecule has 1 aromatic heterocycles. The lowest BCUT2D eigenvalue weighted by atomic mass is 10.4. The topological polar surface area (TPSA) is 59.9 Å². The van der Waals surface area contributed by atoms with Gasteiger partial charge >= 0.3 is 0 Å². The average Bonchev–Trinajstić information content (AvgIpc) is 2.18. The number of nitrogens with zero attached hydrogens (tertiary/aromatic N) is 3. The molecule has 0 radical (unpaired) electrons. The van der Waals surface area contributed by atoms with E-state index in [-0.39, 0.29) is 10.4 Å². The van der Waals surface area contributed by atoms with E-state index < -0.39 is 0 Å². The highest BCUT2D eigenvalue weighted by Gasteiger charge is 2.04. The number of halogens is 2. The largest absolute Gasteiger partial charge is 0.385 e. The first-order valence-electron chi connectivity index (χ1n) is 4.02. The van der Waals surface area contributed by atoms with Crippen LogP contribution in [0.15, 0.2) is 0 Å². The summed E-state index contributed by atoms with van der Waals surface area (Å²) in [6, 6.07) is 0. The lowest BCUT2D eigenvalue weighted by Crippen LogP contribution is -2.07. The van der Waals surface area contributed by atoms with Gasteiger partial charge in [0.05, 0.1) is 0 Å². The molecule has 0 saturated heterocycles. The van der Waals surface area contributed by atoms with Crippen LogP contribution in [0, 0.1) is 0 Å². The van der Waals surface area contributed by atoms with Gasteiger partial charge < -0.3 is 10.1 Å². The van der Waals surface area contributed by atoms with Gasteiger partial charge in [-0.25, -0.2) is 0 Å². The van der Waals surface area contributed by atoms with Crippen LogP contribution in [0.5, 0.6) is 0 Å². The smallest absolute Gasteiger partial charge is 0.245 e. The van der Waals surface area contributed by atoms with Crippen LogP contribution in [0.2, 0.25) is 10.4 Å². The van der Waals surface area contributed by atoms with Crippen LogP contribution < -0.4 is 5.32 Å². The van der Waals surface area contributed by atoms with Gasteiger partial charge in [0.25, 0.3) is 0 Å². The maximum Gasteiger partial charge on any atom is 0.245 e. The van der Waals surface area contributed by atoms with Crippen molar-refractivity contribution in [2.75, 3.05) is 25.6 Å². The zero-order valence-corrected chi connectivity index (χ0v) is 9.14. The van der Waals surface area contributed by atoms with Crippen molar-refractivity contribution < 1.29 is 4.74 Å². The zero-order valence-electron chi connectivity index (χ0n) is 7.63. The molecule has 5 nitrogen and oxygen atoms in total. The van der Waals surface area contributed by atoms with E-state index in [1.165, 1.54) is 0 Å². The molecule has 78 valence electrons. The summed E-state index contributed by atoms with van der Waals surface area (Å²) in [5.41, 5.74) is 0. The number of rotatable bonds is 5. The minimum atomic E-state index is 0.0728. The summed E-state index contributed by atoms with van der Waals surface area (Å²) in [6.45, 7) is 1.37. The molecule has 0 fully saturated rings. The second-order valence-corrected chi connectivity index (χ2v) is 3.19. The molecule has 0 aromatic carbocycles. The van der Waals surface area contributed by atoms with Crippen LogP contribution in [-0.2, 0) is 4.74 Å². The lowest BCUT2D eigenvalue weighted by molar-refractivity contribution is 0.197. The van der Waals surface area contributed by atoms with Gasteiger partial charge in [-0.3, -0.25) is 0 Å². The molecule has 1 aromatic rings. The van der Waals surface area contributed by atoms with Gasteiger partial charge in [-0.2, -0.15) is 4.98 Å². The molecule has 14 heavy (non-hydrogen) atoms. The highest BCUT2D eigenvalue weighted by atomic mass is 35.5. The van der Waals surface area contributed by atoms with E-state index in [2.05, 4.69) is 20.5 Å². The molecule has 0 unspecified atom stereocenters. The van der Waals surface area contributed by atoms with Crippen LogP contribution >= 0.6 is 23.2 Å². The Morgan fingerprint density at radius 1 is 1.36 bits per heavy atom. The Bertz CT molecular complexity index is 297. The fourth-order valence-electron chi connectivity index (χ4n) is 0.829. The van der Waals surface area contributed by atoms with Gasteiger partial charge in [0.1, 0.15) is 0 Å². The zero-order chi connectivity index (χ0) is 10.4.